The van der Waals surface area contributed by atoms with Crippen molar-refractivity contribution in [2.75, 3.05) is 26.2 Å². The topological polar surface area (TPSA) is 49.4 Å². The minimum absolute atomic E-state index is 0.132. The number of rotatable bonds is 2. The molecule has 5 heteroatoms. The fraction of sp³-hybridized carbons (Fsp3) is 1.00. The Bertz CT molecular complexity index is 359. The third-order valence-corrected chi connectivity index (χ3v) is 6.17. The zero-order valence-electron chi connectivity index (χ0n) is 10.9. The second-order valence-corrected chi connectivity index (χ2v) is 8.33. The van der Waals surface area contributed by atoms with Crippen LogP contribution in [0.1, 0.15) is 39.5 Å². The van der Waals surface area contributed by atoms with Crippen LogP contribution >= 0.6 is 0 Å². The standard InChI is InChI=1S/C12H24N2O2S/c1-12(2)6-4-8-14(10-12)17(15,16)11-5-3-7-13-9-11/h11,13H,3-10H2,1-2H3. The van der Waals surface area contributed by atoms with Crippen LogP contribution in [-0.2, 0) is 10.0 Å². The van der Waals surface area contributed by atoms with Gasteiger partial charge in [-0.15, -0.1) is 0 Å². The maximum atomic E-state index is 12.5. The summed E-state index contributed by atoms with van der Waals surface area (Å²) in [6.07, 6.45) is 3.90. The van der Waals surface area contributed by atoms with Crippen LogP contribution in [0.15, 0.2) is 0 Å². The van der Waals surface area contributed by atoms with Crippen LogP contribution in [0, 0.1) is 5.41 Å². The van der Waals surface area contributed by atoms with Gasteiger partial charge in [0, 0.05) is 19.6 Å². The Balaban J connectivity index is 2.09. The molecule has 2 aliphatic heterocycles. The quantitative estimate of drug-likeness (QED) is 0.811. The highest BCUT2D eigenvalue weighted by atomic mass is 32.2. The third-order valence-electron chi connectivity index (χ3n) is 3.90. The summed E-state index contributed by atoms with van der Waals surface area (Å²) in [6, 6.07) is 0. The van der Waals surface area contributed by atoms with E-state index in [1.165, 1.54) is 0 Å². The van der Waals surface area contributed by atoms with E-state index in [-0.39, 0.29) is 10.7 Å². The lowest BCUT2D eigenvalue weighted by atomic mass is 9.85. The number of nitrogens with one attached hydrogen (secondary N) is 1. The predicted molar refractivity (Wildman–Crippen MR) is 69.4 cm³/mol. The van der Waals surface area contributed by atoms with Crippen LogP contribution in [0.4, 0.5) is 0 Å². The van der Waals surface area contributed by atoms with Crippen molar-refractivity contribution in [1.29, 1.82) is 0 Å². The normalized spacial score (nSPS) is 31.3. The van der Waals surface area contributed by atoms with Crippen molar-refractivity contribution in [3.05, 3.63) is 0 Å². The van der Waals surface area contributed by atoms with E-state index in [2.05, 4.69) is 19.2 Å². The lowest BCUT2D eigenvalue weighted by molar-refractivity contribution is 0.185. The molecule has 0 bridgehead atoms. The molecule has 0 radical (unpaired) electrons. The van der Waals surface area contributed by atoms with Crippen molar-refractivity contribution in [2.24, 2.45) is 5.41 Å². The molecule has 100 valence electrons. The number of hydrogen-bond donors (Lipinski definition) is 1. The molecule has 1 unspecified atom stereocenters. The highest BCUT2D eigenvalue weighted by Crippen LogP contribution is 2.31. The number of piperidine rings is 2. The fourth-order valence-electron chi connectivity index (χ4n) is 2.87. The molecular weight excluding hydrogens is 236 g/mol. The zero-order chi connectivity index (χ0) is 12.5. The molecule has 1 N–H and O–H groups in total. The van der Waals surface area contributed by atoms with Gasteiger partial charge in [0.2, 0.25) is 10.0 Å². The van der Waals surface area contributed by atoms with Crippen LogP contribution in [-0.4, -0.2) is 44.2 Å². The summed E-state index contributed by atoms with van der Waals surface area (Å²) >= 11 is 0. The minimum atomic E-state index is -3.09. The van der Waals surface area contributed by atoms with Crippen molar-refractivity contribution in [2.45, 2.75) is 44.8 Å². The highest BCUT2D eigenvalue weighted by Gasteiger charge is 2.38. The van der Waals surface area contributed by atoms with Gasteiger partial charge in [0.25, 0.3) is 0 Å². The number of hydrogen-bond acceptors (Lipinski definition) is 3. The average molecular weight is 260 g/mol. The Morgan fingerprint density at radius 2 is 2.06 bits per heavy atom. The van der Waals surface area contributed by atoms with Gasteiger partial charge in [0.15, 0.2) is 0 Å². The van der Waals surface area contributed by atoms with Crippen LogP contribution in [0.2, 0.25) is 0 Å². The molecule has 0 aromatic carbocycles. The van der Waals surface area contributed by atoms with Gasteiger partial charge in [-0.05, 0) is 37.6 Å². The summed E-state index contributed by atoms with van der Waals surface area (Å²) in [7, 11) is -3.09. The summed E-state index contributed by atoms with van der Waals surface area (Å²) in [6.45, 7) is 7.30. The molecule has 2 saturated heterocycles. The molecule has 0 aliphatic carbocycles. The Hall–Kier alpha value is -0.130. The molecule has 0 aromatic rings. The molecule has 0 saturated carbocycles. The minimum Gasteiger partial charge on any atom is -0.315 e. The second-order valence-electron chi connectivity index (χ2n) is 6.11. The molecule has 0 amide bonds. The Morgan fingerprint density at radius 1 is 1.29 bits per heavy atom. The van der Waals surface area contributed by atoms with Crippen LogP contribution in [0.5, 0.6) is 0 Å². The molecule has 17 heavy (non-hydrogen) atoms. The first-order valence-corrected chi connectivity index (χ1v) is 8.12. The van der Waals surface area contributed by atoms with E-state index in [4.69, 9.17) is 0 Å². The molecule has 4 nitrogen and oxygen atoms in total. The highest BCUT2D eigenvalue weighted by molar-refractivity contribution is 7.89. The fourth-order valence-corrected chi connectivity index (χ4v) is 5.00. The Labute approximate surface area is 105 Å². The van der Waals surface area contributed by atoms with Crippen molar-refractivity contribution >= 4 is 10.0 Å². The SMILES string of the molecule is CC1(C)CCCN(S(=O)(=O)C2CCCNC2)C1. The van der Waals surface area contributed by atoms with Gasteiger partial charge in [0.1, 0.15) is 0 Å². The van der Waals surface area contributed by atoms with E-state index < -0.39 is 10.0 Å². The van der Waals surface area contributed by atoms with E-state index in [0.717, 1.165) is 32.2 Å². The van der Waals surface area contributed by atoms with Crippen LogP contribution in [0.3, 0.4) is 0 Å². The van der Waals surface area contributed by atoms with E-state index >= 15 is 0 Å². The lowest BCUT2D eigenvalue weighted by Gasteiger charge is -2.39. The lowest BCUT2D eigenvalue weighted by Crippen LogP contribution is -2.50. The molecular formula is C12H24N2O2S. The van der Waals surface area contributed by atoms with Gasteiger partial charge in [-0.1, -0.05) is 13.8 Å². The molecule has 0 aromatic heterocycles. The number of sulfonamides is 1. The van der Waals surface area contributed by atoms with Crippen LogP contribution < -0.4 is 5.32 Å². The first kappa shape index (κ1) is 13.3. The molecule has 2 aliphatic rings. The van der Waals surface area contributed by atoms with Crippen molar-refractivity contribution in [1.82, 2.24) is 9.62 Å². The molecule has 2 heterocycles. The van der Waals surface area contributed by atoms with Crippen molar-refractivity contribution < 1.29 is 8.42 Å². The predicted octanol–water partition coefficient (Wildman–Crippen LogP) is 1.19. The van der Waals surface area contributed by atoms with E-state index in [1.807, 2.05) is 0 Å². The van der Waals surface area contributed by atoms with Gasteiger partial charge in [-0.2, -0.15) is 0 Å². The van der Waals surface area contributed by atoms with Crippen LogP contribution in [0.25, 0.3) is 0 Å². The van der Waals surface area contributed by atoms with Gasteiger partial charge >= 0.3 is 0 Å². The Kier molecular flexibility index (Phi) is 3.80. The summed E-state index contributed by atoms with van der Waals surface area (Å²) < 4.78 is 26.8. The smallest absolute Gasteiger partial charge is 0.218 e. The van der Waals surface area contributed by atoms with Gasteiger partial charge < -0.3 is 5.32 Å². The van der Waals surface area contributed by atoms with E-state index in [0.29, 0.717) is 19.6 Å². The molecule has 2 fully saturated rings. The molecule has 0 spiro atoms. The summed E-state index contributed by atoms with van der Waals surface area (Å²) in [4.78, 5) is 0. The third kappa shape index (κ3) is 3.01. The molecule has 1 atom stereocenters. The van der Waals surface area contributed by atoms with Gasteiger partial charge in [-0.25, -0.2) is 12.7 Å². The van der Waals surface area contributed by atoms with E-state index in [1.54, 1.807) is 4.31 Å². The maximum absolute atomic E-state index is 12.5. The number of nitrogens with zero attached hydrogens (tertiary/aromatic N) is 1. The van der Waals surface area contributed by atoms with Gasteiger partial charge in [-0.3, -0.25) is 0 Å². The largest absolute Gasteiger partial charge is 0.315 e. The van der Waals surface area contributed by atoms with Crippen molar-refractivity contribution in [3.8, 4) is 0 Å². The van der Waals surface area contributed by atoms with E-state index in [9.17, 15) is 8.42 Å². The second kappa shape index (κ2) is 4.86. The average Bonchev–Trinajstić information content (AvgIpc) is 2.29. The monoisotopic (exact) mass is 260 g/mol. The first-order valence-electron chi connectivity index (χ1n) is 6.61. The summed E-state index contributed by atoms with van der Waals surface area (Å²) in [5.74, 6) is 0. The summed E-state index contributed by atoms with van der Waals surface area (Å²) in [5, 5.41) is 2.99. The Morgan fingerprint density at radius 3 is 2.65 bits per heavy atom. The molecule has 2 rings (SSSR count). The first-order chi connectivity index (χ1) is 7.92. The zero-order valence-corrected chi connectivity index (χ0v) is 11.7. The summed E-state index contributed by atoms with van der Waals surface area (Å²) in [5.41, 5.74) is 0.132. The van der Waals surface area contributed by atoms with Gasteiger partial charge in [0.05, 0.1) is 5.25 Å². The maximum Gasteiger partial charge on any atom is 0.218 e. The van der Waals surface area contributed by atoms with Crippen molar-refractivity contribution in [3.63, 3.8) is 0 Å².